The first-order chi connectivity index (χ1) is 10.3. The van der Waals surface area contributed by atoms with Crippen LogP contribution in [-0.2, 0) is 6.61 Å². The van der Waals surface area contributed by atoms with Gasteiger partial charge in [-0.2, -0.15) is 4.98 Å². The number of nitrogens with one attached hydrogen (secondary N) is 1. The summed E-state index contributed by atoms with van der Waals surface area (Å²) in [7, 11) is 1.96. The van der Waals surface area contributed by atoms with Crippen molar-refractivity contribution < 1.29 is 9.26 Å². The molecule has 1 aliphatic carbocycles. The number of ether oxygens (including phenoxy) is 1. The lowest BCUT2D eigenvalue weighted by atomic mass is 10.0. The molecule has 1 N–H and O–H groups in total. The Labute approximate surface area is 124 Å². The maximum Gasteiger partial charge on any atom is 0.229 e. The summed E-state index contributed by atoms with van der Waals surface area (Å²) in [5.74, 6) is 2.72. The Kier molecular flexibility index (Phi) is 4.20. The molecule has 0 amide bonds. The van der Waals surface area contributed by atoms with E-state index in [1.807, 2.05) is 25.2 Å². The van der Waals surface area contributed by atoms with Gasteiger partial charge in [0.1, 0.15) is 5.75 Å². The molecule has 0 radical (unpaired) electrons. The van der Waals surface area contributed by atoms with Crippen molar-refractivity contribution in [1.82, 2.24) is 15.5 Å². The van der Waals surface area contributed by atoms with Crippen molar-refractivity contribution in [3.05, 3.63) is 41.5 Å². The first-order valence-electron chi connectivity index (χ1n) is 7.53. The summed E-state index contributed by atoms with van der Waals surface area (Å²) in [5.41, 5.74) is 1.16. The predicted octanol–water partition coefficient (Wildman–Crippen LogP) is 3.20. The highest BCUT2D eigenvalue weighted by Crippen LogP contribution is 2.38. The molecule has 112 valence electrons. The molecule has 5 heteroatoms. The van der Waals surface area contributed by atoms with Gasteiger partial charge in [-0.25, -0.2) is 0 Å². The van der Waals surface area contributed by atoms with Crippen molar-refractivity contribution in [2.75, 3.05) is 7.05 Å². The molecular weight excluding hydrogens is 266 g/mol. The third-order valence-electron chi connectivity index (χ3n) is 3.82. The van der Waals surface area contributed by atoms with E-state index in [-0.39, 0.29) is 6.04 Å². The summed E-state index contributed by atoms with van der Waals surface area (Å²) < 4.78 is 11.1. The molecule has 1 fully saturated rings. The molecule has 0 bridgehead atoms. The second kappa shape index (κ2) is 6.26. The Hall–Kier alpha value is -1.88. The third kappa shape index (κ3) is 3.24. The van der Waals surface area contributed by atoms with Crippen molar-refractivity contribution in [3.8, 4) is 5.75 Å². The van der Waals surface area contributed by atoms with E-state index in [2.05, 4.69) is 28.4 Å². The lowest BCUT2D eigenvalue weighted by molar-refractivity contribution is 0.279. The van der Waals surface area contributed by atoms with Gasteiger partial charge in [-0.3, -0.25) is 0 Å². The van der Waals surface area contributed by atoms with Crippen LogP contribution in [0.1, 0.15) is 55.4 Å². The fraction of sp³-hybridized carbons (Fsp3) is 0.500. The Morgan fingerprint density at radius 2 is 2.19 bits per heavy atom. The van der Waals surface area contributed by atoms with Crippen LogP contribution in [-0.4, -0.2) is 17.2 Å². The predicted molar refractivity (Wildman–Crippen MR) is 79.1 cm³/mol. The van der Waals surface area contributed by atoms with E-state index < -0.39 is 0 Å². The topological polar surface area (TPSA) is 60.2 Å². The van der Waals surface area contributed by atoms with E-state index in [0.29, 0.717) is 18.3 Å². The molecule has 5 nitrogen and oxygen atoms in total. The summed E-state index contributed by atoms with van der Waals surface area (Å²) in [5, 5.41) is 7.28. The van der Waals surface area contributed by atoms with Crippen LogP contribution in [0.3, 0.4) is 0 Å². The number of rotatable bonds is 7. The fourth-order valence-electron chi connectivity index (χ4n) is 2.44. The van der Waals surface area contributed by atoms with Gasteiger partial charge in [-0.1, -0.05) is 30.3 Å². The Balaban J connectivity index is 1.68. The van der Waals surface area contributed by atoms with Crippen LogP contribution in [0.2, 0.25) is 0 Å². The molecule has 1 aromatic carbocycles. The molecule has 0 aliphatic heterocycles. The van der Waals surface area contributed by atoms with E-state index >= 15 is 0 Å². The second-order valence-corrected chi connectivity index (χ2v) is 5.40. The van der Waals surface area contributed by atoms with Gasteiger partial charge in [0.15, 0.2) is 6.61 Å². The molecule has 0 spiro atoms. The van der Waals surface area contributed by atoms with Crippen LogP contribution < -0.4 is 10.1 Å². The Morgan fingerprint density at radius 1 is 1.38 bits per heavy atom. The number of benzene rings is 1. The first-order valence-corrected chi connectivity index (χ1v) is 7.53. The highest BCUT2D eigenvalue weighted by molar-refractivity contribution is 5.35. The lowest BCUT2D eigenvalue weighted by Gasteiger charge is -2.18. The van der Waals surface area contributed by atoms with Crippen LogP contribution in [0.25, 0.3) is 0 Å². The molecule has 1 aromatic heterocycles. The Morgan fingerprint density at radius 3 is 2.90 bits per heavy atom. The van der Waals surface area contributed by atoms with E-state index in [1.54, 1.807) is 0 Å². The zero-order chi connectivity index (χ0) is 14.7. The number of hydrogen-bond acceptors (Lipinski definition) is 5. The monoisotopic (exact) mass is 287 g/mol. The largest absolute Gasteiger partial charge is 0.485 e. The van der Waals surface area contributed by atoms with Crippen molar-refractivity contribution in [3.63, 3.8) is 0 Å². The van der Waals surface area contributed by atoms with Gasteiger partial charge in [0.2, 0.25) is 11.7 Å². The molecule has 1 unspecified atom stereocenters. The lowest BCUT2D eigenvalue weighted by Crippen LogP contribution is -2.16. The number of para-hydroxylation sites is 1. The molecule has 3 rings (SSSR count). The molecule has 1 saturated carbocycles. The van der Waals surface area contributed by atoms with Crippen molar-refractivity contribution in [2.24, 2.45) is 0 Å². The Bertz CT molecular complexity index is 589. The normalized spacial score (nSPS) is 15.9. The quantitative estimate of drug-likeness (QED) is 0.847. The fourth-order valence-corrected chi connectivity index (χ4v) is 2.44. The van der Waals surface area contributed by atoms with Gasteiger partial charge in [0, 0.05) is 17.5 Å². The van der Waals surface area contributed by atoms with Gasteiger partial charge < -0.3 is 14.6 Å². The van der Waals surface area contributed by atoms with Gasteiger partial charge in [0.25, 0.3) is 0 Å². The molecule has 2 aromatic rings. The van der Waals surface area contributed by atoms with Crippen molar-refractivity contribution in [2.45, 2.75) is 44.8 Å². The van der Waals surface area contributed by atoms with Crippen LogP contribution in [0.15, 0.2) is 28.8 Å². The minimum absolute atomic E-state index is 0.286. The average molecular weight is 287 g/mol. The summed E-state index contributed by atoms with van der Waals surface area (Å²) in [6.07, 6.45) is 3.32. The number of aromatic nitrogens is 2. The standard InChI is InChI=1S/C16H21N3O2/c1-3-13(17-2)12-6-4-5-7-14(12)20-10-15-18-16(21-19-15)11-8-9-11/h4-7,11,13,17H,3,8-10H2,1-2H3. The summed E-state index contributed by atoms with van der Waals surface area (Å²) in [6.45, 7) is 2.49. The van der Waals surface area contributed by atoms with Crippen molar-refractivity contribution >= 4 is 0 Å². The zero-order valence-electron chi connectivity index (χ0n) is 12.5. The zero-order valence-corrected chi connectivity index (χ0v) is 12.5. The maximum absolute atomic E-state index is 5.90. The highest BCUT2D eigenvalue weighted by atomic mass is 16.5. The molecule has 1 atom stereocenters. The average Bonchev–Trinajstić information content (AvgIpc) is 3.26. The smallest absolute Gasteiger partial charge is 0.229 e. The molecule has 1 heterocycles. The minimum Gasteiger partial charge on any atom is -0.485 e. The summed E-state index contributed by atoms with van der Waals surface area (Å²) in [4.78, 5) is 4.38. The van der Waals surface area contributed by atoms with Crippen molar-refractivity contribution in [1.29, 1.82) is 0 Å². The van der Waals surface area contributed by atoms with Crippen LogP contribution in [0.4, 0.5) is 0 Å². The van der Waals surface area contributed by atoms with Gasteiger partial charge in [-0.15, -0.1) is 0 Å². The summed E-state index contributed by atoms with van der Waals surface area (Å²) in [6, 6.07) is 8.37. The van der Waals surface area contributed by atoms with Crippen LogP contribution >= 0.6 is 0 Å². The maximum atomic E-state index is 5.90. The molecule has 0 saturated heterocycles. The minimum atomic E-state index is 0.286. The first kappa shape index (κ1) is 14.1. The van der Waals surface area contributed by atoms with E-state index in [9.17, 15) is 0 Å². The van der Waals surface area contributed by atoms with Gasteiger partial charge in [0.05, 0.1) is 0 Å². The van der Waals surface area contributed by atoms with E-state index in [4.69, 9.17) is 9.26 Å². The number of hydrogen-bond donors (Lipinski definition) is 1. The summed E-state index contributed by atoms with van der Waals surface area (Å²) >= 11 is 0. The van der Waals surface area contributed by atoms with Crippen LogP contribution in [0.5, 0.6) is 5.75 Å². The SMILES string of the molecule is CCC(NC)c1ccccc1OCc1noc(C2CC2)n1. The third-order valence-corrected chi connectivity index (χ3v) is 3.82. The second-order valence-electron chi connectivity index (χ2n) is 5.40. The molecule has 1 aliphatic rings. The highest BCUT2D eigenvalue weighted by Gasteiger charge is 2.29. The van der Waals surface area contributed by atoms with Crippen LogP contribution in [0, 0.1) is 0 Å². The van der Waals surface area contributed by atoms with Gasteiger partial charge in [-0.05, 0) is 32.4 Å². The molecular formula is C16H21N3O2. The van der Waals surface area contributed by atoms with E-state index in [1.165, 1.54) is 0 Å². The van der Waals surface area contributed by atoms with Gasteiger partial charge >= 0.3 is 0 Å². The number of nitrogens with zero attached hydrogens (tertiary/aromatic N) is 2. The molecule has 21 heavy (non-hydrogen) atoms. The van der Waals surface area contributed by atoms with E-state index in [0.717, 1.165) is 36.5 Å².